The number of benzene rings is 2. The molecule has 9 heteroatoms. The highest BCUT2D eigenvalue weighted by Gasteiger charge is 2.30. The van der Waals surface area contributed by atoms with Crippen molar-refractivity contribution in [1.82, 2.24) is 0 Å². The van der Waals surface area contributed by atoms with Crippen molar-refractivity contribution in [2.75, 3.05) is 10.8 Å². The number of carbonyl (C=O) groups is 1. The van der Waals surface area contributed by atoms with Crippen molar-refractivity contribution in [2.24, 2.45) is 0 Å². The van der Waals surface area contributed by atoms with Gasteiger partial charge in [-0.2, -0.15) is 0 Å². The van der Waals surface area contributed by atoms with Crippen molar-refractivity contribution in [3.63, 3.8) is 0 Å². The van der Waals surface area contributed by atoms with Crippen LogP contribution >= 0.6 is 0 Å². The average Bonchev–Trinajstić information content (AvgIpc) is 2.59. The zero-order valence-corrected chi connectivity index (χ0v) is 15.9. The summed E-state index contributed by atoms with van der Waals surface area (Å²) in [5.41, 5.74) is 1.05. The van der Waals surface area contributed by atoms with Crippen LogP contribution in [0.15, 0.2) is 47.4 Å². The number of aryl methyl sites for hydroxylation is 1. The second kappa shape index (κ2) is 7.75. The molecule has 0 amide bonds. The topological polar surface area (TPSA) is 118 Å². The number of hydrogen-bond donors (Lipinski definition) is 1. The number of rotatable bonds is 7. The number of aliphatic carboxylic acids is 1. The number of hydrogen-bond acceptors (Lipinski definition) is 5. The Kier molecular flexibility index (Phi) is 5.85. The first kappa shape index (κ1) is 20.4. The molecule has 2 rings (SSSR count). The number of non-ortho nitro benzene ring substituents is 1. The van der Waals surface area contributed by atoms with Gasteiger partial charge in [-0.25, -0.2) is 8.42 Å². The van der Waals surface area contributed by atoms with Crippen LogP contribution in [0.4, 0.5) is 11.4 Å². The highest BCUT2D eigenvalue weighted by Crippen LogP contribution is 2.29. The van der Waals surface area contributed by atoms with Gasteiger partial charge in [0.2, 0.25) is 0 Å². The van der Waals surface area contributed by atoms with Crippen molar-refractivity contribution >= 4 is 27.4 Å². The van der Waals surface area contributed by atoms with E-state index in [0.29, 0.717) is 0 Å². The Hall–Kier alpha value is -2.94. The van der Waals surface area contributed by atoms with Gasteiger partial charge >= 0.3 is 5.97 Å². The minimum Gasteiger partial charge on any atom is -0.480 e. The molecule has 0 bridgehead atoms. The van der Waals surface area contributed by atoms with E-state index in [1.807, 2.05) is 13.8 Å². The fourth-order valence-electron chi connectivity index (χ4n) is 2.56. The maximum absolute atomic E-state index is 13.1. The van der Waals surface area contributed by atoms with Crippen LogP contribution in [0.3, 0.4) is 0 Å². The molecule has 144 valence electrons. The van der Waals surface area contributed by atoms with Crippen molar-refractivity contribution in [2.45, 2.75) is 31.6 Å². The molecule has 0 aliphatic heterocycles. The number of anilines is 1. The monoisotopic (exact) mass is 392 g/mol. The summed E-state index contributed by atoms with van der Waals surface area (Å²) in [6.07, 6.45) is 0. The average molecular weight is 392 g/mol. The number of sulfonamides is 1. The van der Waals surface area contributed by atoms with Gasteiger partial charge in [-0.15, -0.1) is 0 Å². The lowest BCUT2D eigenvalue weighted by Crippen LogP contribution is -2.36. The SMILES string of the molecule is Cc1ccc([N+](=O)[O-])cc1S(=O)(=O)N(CC(=O)O)c1ccc(C(C)C)cc1. The molecule has 0 unspecified atom stereocenters. The van der Waals surface area contributed by atoms with Crippen LogP contribution in [0.25, 0.3) is 0 Å². The van der Waals surface area contributed by atoms with Crippen LogP contribution in [-0.4, -0.2) is 31.0 Å². The molecular weight excluding hydrogens is 372 g/mol. The standard InChI is InChI=1S/C18H20N2O6S/c1-12(2)14-5-8-15(9-6-14)19(11-18(21)22)27(25,26)17-10-16(20(23)24)7-4-13(17)3/h4-10,12H,11H2,1-3H3,(H,21,22). The lowest BCUT2D eigenvalue weighted by atomic mass is 10.0. The van der Waals surface area contributed by atoms with Crippen LogP contribution in [0.2, 0.25) is 0 Å². The third-order valence-corrected chi connectivity index (χ3v) is 5.99. The number of nitro groups is 1. The lowest BCUT2D eigenvalue weighted by Gasteiger charge is -2.24. The number of nitrogens with zero attached hydrogens (tertiary/aromatic N) is 2. The molecule has 0 aliphatic carbocycles. The van der Waals surface area contributed by atoms with Gasteiger partial charge in [0, 0.05) is 12.1 Å². The van der Waals surface area contributed by atoms with Gasteiger partial charge in [-0.05, 0) is 36.1 Å². The fraction of sp³-hybridized carbons (Fsp3) is 0.278. The maximum atomic E-state index is 13.1. The summed E-state index contributed by atoms with van der Waals surface area (Å²) >= 11 is 0. The first-order valence-electron chi connectivity index (χ1n) is 8.13. The van der Waals surface area contributed by atoms with Crippen molar-refractivity contribution in [3.05, 3.63) is 63.7 Å². The van der Waals surface area contributed by atoms with E-state index >= 15 is 0 Å². The normalized spacial score (nSPS) is 11.4. The summed E-state index contributed by atoms with van der Waals surface area (Å²) in [7, 11) is -4.32. The third-order valence-electron chi connectivity index (χ3n) is 4.08. The third kappa shape index (κ3) is 4.43. The van der Waals surface area contributed by atoms with E-state index in [0.717, 1.165) is 15.9 Å². The van der Waals surface area contributed by atoms with E-state index in [1.165, 1.54) is 31.2 Å². The lowest BCUT2D eigenvalue weighted by molar-refractivity contribution is -0.385. The smallest absolute Gasteiger partial charge is 0.324 e. The molecular formula is C18H20N2O6S. The summed E-state index contributed by atoms with van der Waals surface area (Å²) in [5, 5.41) is 20.2. The van der Waals surface area contributed by atoms with Gasteiger partial charge in [0.15, 0.2) is 0 Å². The van der Waals surface area contributed by atoms with Gasteiger partial charge in [0.05, 0.1) is 15.5 Å². The fourth-order valence-corrected chi connectivity index (χ4v) is 4.22. The Labute approximate surface area is 157 Å². The predicted molar refractivity (Wildman–Crippen MR) is 101 cm³/mol. The molecule has 0 aliphatic rings. The quantitative estimate of drug-likeness (QED) is 0.570. The largest absolute Gasteiger partial charge is 0.480 e. The van der Waals surface area contributed by atoms with Crippen LogP contribution < -0.4 is 4.31 Å². The molecule has 0 radical (unpaired) electrons. The molecule has 0 fully saturated rings. The number of carboxylic acid groups (broad SMARTS) is 1. The molecule has 0 aromatic heterocycles. The summed E-state index contributed by atoms with van der Waals surface area (Å²) in [5.74, 6) is -1.11. The van der Waals surface area contributed by atoms with Crippen LogP contribution in [0, 0.1) is 17.0 Å². The van der Waals surface area contributed by atoms with Gasteiger partial charge < -0.3 is 5.11 Å². The maximum Gasteiger partial charge on any atom is 0.324 e. The van der Waals surface area contributed by atoms with E-state index in [2.05, 4.69) is 0 Å². The highest BCUT2D eigenvalue weighted by atomic mass is 32.2. The van der Waals surface area contributed by atoms with E-state index < -0.39 is 27.5 Å². The predicted octanol–water partition coefficient (Wildman–Crippen LogP) is 3.31. The molecule has 2 aromatic carbocycles. The Bertz CT molecular complexity index is 968. The van der Waals surface area contributed by atoms with E-state index in [-0.39, 0.29) is 27.8 Å². The van der Waals surface area contributed by atoms with Gasteiger partial charge in [-0.3, -0.25) is 19.2 Å². The number of nitro benzene ring substituents is 1. The minimum absolute atomic E-state index is 0.174. The van der Waals surface area contributed by atoms with E-state index in [9.17, 15) is 28.4 Å². The second-order valence-electron chi connectivity index (χ2n) is 6.36. The van der Waals surface area contributed by atoms with Crippen molar-refractivity contribution in [1.29, 1.82) is 0 Å². The minimum atomic E-state index is -4.32. The van der Waals surface area contributed by atoms with Crippen LogP contribution in [0.5, 0.6) is 0 Å². The van der Waals surface area contributed by atoms with Crippen molar-refractivity contribution in [3.8, 4) is 0 Å². The zero-order valence-electron chi connectivity index (χ0n) is 15.1. The van der Waals surface area contributed by atoms with E-state index in [4.69, 9.17) is 0 Å². The van der Waals surface area contributed by atoms with Crippen LogP contribution in [-0.2, 0) is 14.8 Å². The van der Waals surface area contributed by atoms with Gasteiger partial charge in [0.1, 0.15) is 6.54 Å². The van der Waals surface area contributed by atoms with Gasteiger partial charge in [-0.1, -0.05) is 32.0 Å². The summed E-state index contributed by atoms with van der Waals surface area (Å²) < 4.78 is 27.0. The molecule has 1 N–H and O–H groups in total. The number of carboxylic acids is 1. The summed E-state index contributed by atoms with van der Waals surface area (Å²) in [6, 6.07) is 9.99. The summed E-state index contributed by atoms with van der Waals surface area (Å²) in [4.78, 5) is 21.3. The molecule has 0 atom stereocenters. The van der Waals surface area contributed by atoms with Gasteiger partial charge in [0.25, 0.3) is 15.7 Å². The molecule has 0 saturated carbocycles. The Balaban J connectivity index is 2.60. The molecule has 2 aromatic rings. The second-order valence-corrected chi connectivity index (χ2v) is 8.19. The van der Waals surface area contributed by atoms with E-state index in [1.54, 1.807) is 12.1 Å². The molecule has 27 heavy (non-hydrogen) atoms. The van der Waals surface area contributed by atoms with Crippen molar-refractivity contribution < 1.29 is 23.2 Å². The zero-order chi connectivity index (χ0) is 20.4. The molecule has 8 nitrogen and oxygen atoms in total. The Morgan fingerprint density at radius 1 is 1.19 bits per heavy atom. The first-order chi connectivity index (χ1) is 12.5. The molecule has 0 spiro atoms. The molecule has 0 saturated heterocycles. The first-order valence-corrected chi connectivity index (χ1v) is 9.57. The highest BCUT2D eigenvalue weighted by molar-refractivity contribution is 7.93. The Morgan fingerprint density at radius 3 is 2.26 bits per heavy atom. The van der Waals surface area contributed by atoms with Crippen LogP contribution in [0.1, 0.15) is 30.9 Å². The summed E-state index contributed by atoms with van der Waals surface area (Å²) in [6.45, 7) is 4.66. The Morgan fingerprint density at radius 2 is 1.78 bits per heavy atom. The molecule has 0 heterocycles.